The molecule has 1 N–H and O–H groups in total. The first-order valence-electron chi connectivity index (χ1n) is 7.48. The van der Waals surface area contributed by atoms with Gasteiger partial charge in [0.25, 0.3) is 0 Å². The predicted octanol–water partition coefficient (Wildman–Crippen LogP) is 1.85. The van der Waals surface area contributed by atoms with E-state index in [4.69, 9.17) is 11.6 Å². The summed E-state index contributed by atoms with van der Waals surface area (Å²) < 4.78 is 25.2. The molecule has 1 aromatic carbocycles. The standard InChI is InChI=1S/C15H20ClN3O3S/c1-2-23(21,22)19-9-3-4-13(11-19)15(20)18-17-10-12-5-7-14(16)8-6-12/h5-8,10,13H,2-4,9,11H2,1H3,(H,18,20)/b17-10-/t13-/m1/s1. The van der Waals surface area contributed by atoms with Gasteiger partial charge >= 0.3 is 0 Å². The normalized spacial score (nSPS) is 19.8. The zero-order chi connectivity index (χ0) is 16.9. The van der Waals surface area contributed by atoms with Gasteiger partial charge in [-0.15, -0.1) is 0 Å². The largest absolute Gasteiger partial charge is 0.273 e. The summed E-state index contributed by atoms with van der Waals surface area (Å²) in [7, 11) is -3.25. The van der Waals surface area contributed by atoms with Gasteiger partial charge in [-0.2, -0.15) is 5.10 Å². The Balaban J connectivity index is 1.91. The van der Waals surface area contributed by atoms with Crippen LogP contribution < -0.4 is 5.43 Å². The molecular weight excluding hydrogens is 338 g/mol. The van der Waals surface area contributed by atoms with Crippen molar-refractivity contribution in [3.63, 3.8) is 0 Å². The number of hydrazone groups is 1. The van der Waals surface area contributed by atoms with Crippen molar-refractivity contribution in [1.82, 2.24) is 9.73 Å². The SMILES string of the molecule is CCS(=O)(=O)N1CCC[C@@H](C(=O)N/N=C\c2ccc(Cl)cc2)C1. The molecule has 1 amide bonds. The van der Waals surface area contributed by atoms with E-state index in [0.717, 1.165) is 5.56 Å². The third kappa shape index (κ3) is 5.02. The first kappa shape index (κ1) is 17.9. The molecule has 6 nitrogen and oxygen atoms in total. The third-order valence-electron chi connectivity index (χ3n) is 3.77. The van der Waals surface area contributed by atoms with Gasteiger partial charge in [0.1, 0.15) is 0 Å². The fourth-order valence-corrected chi connectivity index (χ4v) is 3.71. The van der Waals surface area contributed by atoms with Crippen LogP contribution in [0.15, 0.2) is 29.4 Å². The van der Waals surface area contributed by atoms with Gasteiger partial charge in [0.2, 0.25) is 15.9 Å². The maximum absolute atomic E-state index is 12.1. The molecule has 0 bridgehead atoms. The van der Waals surface area contributed by atoms with E-state index in [-0.39, 0.29) is 24.1 Å². The molecule has 0 saturated carbocycles. The van der Waals surface area contributed by atoms with Crippen molar-refractivity contribution in [3.8, 4) is 0 Å². The minimum absolute atomic E-state index is 0.0516. The second-order valence-corrected chi connectivity index (χ2v) is 8.08. The molecule has 1 aromatic rings. The number of sulfonamides is 1. The summed E-state index contributed by atoms with van der Waals surface area (Å²) in [6.45, 7) is 2.31. The topological polar surface area (TPSA) is 78.8 Å². The van der Waals surface area contributed by atoms with Crippen molar-refractivity contribution < 1.29 is 13.2 Å². The van der Waals surface area contributed by atoms with E-state index in [2.05, 4.69) is 10.5 Å². The quantitative estimate of drug-likeness (QED) is 0.645. The molecule has 1 heterocycles. The van der Waals surface area contributed by atoms with Crippen LogP contribution in [-0.4, -0.2) is 43.7 Å². The Hall–Kier alpha value is -1.44. The Labute approximate surface area is 141 Å². The zero-order valence-electron chi connectivity index (χ0n) is 12.9. The van der Waals surface area contributed by atoms with Crippen LogP contribution in [0.4, 0.5) is 0 Å². The molecule has 1 saturated heterocycles. The highest BCUT2D eigenvalue weighted by atomic mass is 35.5. The van der Waals surface area contributed by atoms with Crippen molar-refractivity contribution in [2.45, 2.75) is 19.8 Å². The number of amides is 1. The number of hydrogen-bond donors (Lipinski definition) is 1. The number of piperidine rings is 1. The first-order valence-corrected chi connectivity index (χ1v) is 9.47. The van der Waals surface area contributed by atoms with E-state index in [1.54, 1.807) is 31.2 Å². The van der Waals surface area contributed by atoms with Crippen LogP contribution in [0.3, 0.4) is 0 Å². The molecule has 0 unspecified atom stereocenters. The van der Waals surface area contributed by atoms with Crippen molar-refractivity contribution >= 4 is 33.7 Å². The molecule has 1 aliphatic heterocycles. The average Bonchev–Trinajstić information content (AvgIpc) is 2.56. The van der Waals surface area contributed by atoms with Gasteiger partial charge in [0, 0.05) is 18.1 Å². The summed E-state index contributed by atoms with van der Waals surface area (Å²) in [5.41, 5.74) is 3.29. The van der Waals surface area contributed by atoms with Crippen LogP contribution in [0.25, 0.3) is 0 Å². The van der Waals surface area contributed by atoms with Gasteiger partial charge in [0.15, 0.2) is 0 Å². The van der Waals surface area contributed by atoms with E-state index in [1.807, 2.05) is 0 Å². The number of benzene rings is 1. The summed E-state index contributed by atoms with van der Waals surface area (Å²) in [4.78, 5) is 12.1. The van der Waals surface area contributed by atoms with Crippen LogP contribution >= 0.6 is 11.6 Å². The van der Waals surface area contributed by atoms with Gasteiger partial charge in [-0.05, 0) is 37.5 Å². The summed E-state index contributed by atoms with van der Waals surface area (Å²) in [5.74, 6) is -0.575. The van der Waals surface area contributed by atoms with E-state index < -0.39 is 10.0 Å². The molecule has 1 fully saturated rings. The van der Waals surface area contributed by atoms with Crippen LogP contribution in [-0.2, 0) is 14.8 Å². The summed E-state index contributed by atoms with van der Waals surface area (Å²) in [6, 6.07) is 7.04. The van der Waals surface area contributed by atoms with E-state index in [9.17, 15) is 13.2 Å². The van der Waals surface area contributed by atoms with Gasteiger partial charge in [-0.25, -0.2) is 18.1 Å². The van der Waals surface area contributed by atoms with Gasteiger partial charge in [-0.3, -0.25) is 4.79 Å². The smallest absolute Gasteiger partial charge is 0.244 e. The number of nitrogens with zero attached hydrogens (tertiary/aromatic N) is 2. The second kappa shape index (κ2) is 7.90. The minimum atomic E-state index is -3.25. The Kier molecular flexibility index (Phi) is 6.15. The lowest BCUT2D eigenvalue weighted by atomic mass is 9.99. The lowest BCUT2D eigenvalue weighted by Gasteiger charge is -2.30. The number of rotatable bonds is 5. The first-order chi connectivity index (χ1) is 10.9. The highest BCUT2D eigenvalue weighted by Crippen LogP contribution is 2.19. The van der Waals surface area contributed by atoms with Crippen molar-refractivity contribution in [2.24, 2.45) is 11.0 Å². The molecule has 0 radical (unpaired) electrons. The monoisotopic (exact) mass is 357 g/mol. The Morgan fingerprint density at radius 2 is 2.13 bits per heavy atom. The summed E-state index contributed by atoms with van der Waals surface area (Å²) in [6.07, 6.45) is 2.87. The maximum atomic E-state index is 12.1. The molecule has 0 spiro atoms. The van der Waals surface area contributed by atoms with Crippen LogP contribution in [0.1, 0.15) is 25.3 Å². The number of halogens is 1. The number of carbonyl (C=O) groups is 1. The fourth-order valence-electron chi connectivity index (χ4n) is 2.40. The molecular formula is C15H20ClN3O3S. The zero-order valence-corrected chi connectivity index (χ0v) is 14.5. The van der Waals surface area contributed by atoms with Crippen LogP contribution in [0, 0.1) is 5.92 Å². The van der Waals surface area contributed by atoms with E-state index >= 15 is 0 Å². The highest BCUT2D eigenvalue weighted by molar-refractivity contribution is 7.89. The lowest BCUT2D eigenvalue weighted by molar-refractivity contribution is -0.126. The molecule has 126 valence electrons. The van der Waals surface area contributed by atoms with Gasteiger partial charge in [0.05, 0.1) is 17.9 Å². The molecule has 8 heteroatoms. The fraction of sp³-hybridized carbons (Fsp3) is 0.467. The lowest BCUT2D eigenvalue weighted by Crippen LogP contribution is -2.45. The Morgan fingerprint density at radius 1 is 1.43 bits per heavy atom. The minimum Gasteiger partial charge on any atom is -0.273 e. The molecule has 1 aliphatic rings. The molecule has 0 aromatic heterocycles. The highest BCUT2D eigenvalue weighted by Gasteiger charge is 2.31. The van der Waals surface area contributed by atoms with Gasteiger partial charge in [-0.1, -0.05) is 23.7 Å². The third-order valence-corrected chi connectivity index (χ3v) is 5.87. The molecule has 0 aliphatic carbocycles. The second-order valence-electron chi connectivity index (χ2n) is 5.38. The van der Waals surface area contributed by atoms with E-state index in [0.29, 0.717) is 24.4 Å². The molecule has 23 heavy (non-hydrogen) atoms. The Morgan fingerprint density at radius 3 is 2.78 bits per heavy atom. The number of hydrogen-bond acceptors (Lipinski definition) is 4. The van der Waals surface area contributed by atoms with Crippen LogP contribution in [0.5, 0.6) is 0 Å². The van der Waals surface area contributed by atoms with Crippen molar-refractivity contribution in [1.29, 1.82) is 0 Å². The molecule has 2 rings (SSSR count). The predicted molar refractivity (Wildman–Crippen MR) is 90.9 cm³/mol. The van der Waals surface area contributed by atoms with Gasteiger partial charge < -0.3 is 0 Å². The Bertz CT molecular complexity index is 674. The van der Waals surface area contributed by atoms with Crippen molar-refractivity contribution in [3.05, 3.63) is 34.9 Å². The van der Waals surface area contributed by atoms with Crippen LogP contribution in [0.2, 0.25) is 5.02 Å². The summed E-state index contributed by atoms with van der Waals surface area (Å²) >= 11 is 5.79. The summed E-state index contributed by atoms with van der Waals surface area (Å²) in [5, 5.41) is 4.55. The number of carbonyl (C=O) groups excluding carboxylic acids is 1. The number of nitrogens with one attached hydrogen (secondary N) is 1. The van der Waals surface area contributed by atoms with E-state index in [1.165, 1.54) is 10.5 Å². The molecule has 1 atom stereocenters. The van der Waals surface area contributed by atoms with Crippen molar-refractivity contribution in [2.75, 3.05) is 18.8 Å². The maximum Gasteiger partial charge on any atom is 0.244 e. The average molecular weight is 358 g/mol.